The molecule has 0 aliphatic carbocycles. The monoisotopic (exact) mass is 429 g/mol. The number of aryl methyl sites for hydroxylation is 1. The second kappa shape index (κ2) is 9.62. The third kappa shape index (κ3) is 5.40. The van der Waals surface area contributed by atoms with Crippen molar-refractivity contribution < 1.29 is 13.2 Å². The molecule has 30 heavy (non-hydrogen) atoms. The van der Waals surface area contributed by atoms with Crippen LogP contribution in [0.3, 0.4) is 0 Å². The Bertz CT molecular complexity index is 965. The van der Waals surface area contributed by atoms with E-state index in [4.69, 9.17) is 0 Å². The molecule has 0 bridgehead atoms. The standard InChI is InChI=1S/C23H31N3O3S/c1-19-10-12-21(13-11-19)26(18-23(27)25-14-5-4-6-15-25)17-20-8-7-9-22(16-20)30(28,29)24(2)3/h7-13,16H,4-6,14-15,17-18H2,1-3H3. The maximum atomic E-state index is 12.9. The summed E-state index contributed by atoms with van der Waals surface area (Å²) in [6.45, 7) is 4.39. The minimum absolute atomic E-state index is 0.118. The number of anilines is 1. The van der Waals surface area contributed by atoms with Gasteiger partial charge in [0.1, 0.15) is 0 Å². The lowest BCUT2D eigenvalue weighted by atomic mass is 10.1. The van der Waals surface area contributed by atoms with Gasteiger partial charge < -0.3 is 9.80 Å². The Kier molecular flexibility index (Phi) is 7.15. The van der Waals surface area contributed by atoms with Crippen molar-refractivity contribution in [1.29, 1.82) is 0 Å². The van der Waals surface area contributed by atoms with Crippen molar-refractivity contribution in [3.05, 3.63) is 59.7 Å². The first-order valence-corrected chi connectivity index (χ1v) is 11.8. The quantitative estimate of drug-likeness (QED) is 0.678. The van der Waals surface area contributed by atoms with Gasteiger partial charge in [-0.05, 0) is 56.0 Å². The van der Waals surface area contributed by atoms with E-state index in [0.717, 1.165) is 42.7 Å². The molecule has 0 radical (unpaired) electrons. The molecular weight excluding hydrogens is 398 g/mol. The Hall–Kier alpha value is -2.38. The Morgan fingerprint density at radius 2 is 1.67 bits per heavy atom. The number of nitrogens with zero attached hydrogens (tertiary/aromatic N) is 3. The molecule has 0 saturated carbocycles. The van der Waals surface area contributed by atoms with Crippen LogP contribution in [-0.4, -0.2) is 57.3 Å². The van der Waals surface area contributed by atoms with Gasteiger partial charge in [0.05, 0.1) is 11.4 Å². The van der Waals surface area contributed by atoms with E-state index < -0.39 is 10.0 Å². The average Bonchev–Trinajstić information content (AvgIpc) is 2.74. The van der Waals surface area contributed by atoms with Crippen molar-refractivity contribution in [3.8, 4) is 0 Å². The van der Waals surface area contributed by atoms with Crippen molar-refractivity contribution in [1.82, 2.24) is 9.21 Å². The molecule has 3 rings (SSSR count). The van der Waals surface area contributed by atoms with Crippen LogP contribution < -0.4 is 4.90 Å². The molecule has 1 saturated heterocycles. The van der Waals surface area contributed by atoms with Crippen LogP contribution in [0.4, 0.5) is 5.69 Å². The zero-order chi connectivity index (χ0) is 21.7. The minimum atomic E-state index is -3.51. The van der Waals surface area contributed by atoms with E-state index in [0.29, 0.717) is 6.54 Å². The highest BCUT2D eigenvalue weighted by atomic mass is 32.2. The summed E-state index contributed by atoms with van der Waals surface area (Å²) >= 11 is 0. The summed E-state index contributed by atoms with van der Waals surface area (Å²) in [4.78, 5) is 17.2. The highest BCUT2D eigenvalue weighted by molar-refractivity contribution is 7.89. The van der Waals surface area contributed by atoms with Crippen LogP contribution in [-0.2, 0) is 21.4 Å². The van der Waals surface area contributed by atoms with Gasteiger partial charge in [0.25, 0.3) is 0 Å². The number of hydrogen-bond donors (Lipinski definition) is 0. The SMILES string of the molecule is Cc1ccc(N(CC(=O)N2CCCCC2)Cc2cccc(S(=O)(=O)N(C)C)c2)cc1. The molecule has 162 valence electrons. The van der Waals surface area contributed by atoms with Gasteiger partial charge in [-0.15, -0.1) is 0 Å². The molecule has 1 heterocycles. The lowest BCUT2D eigenvalue weighted by molar-refractivity contribution is -0.130. The third-order valence-corrected chi connectivity index (χ3v) is 7.30. The molecule has 6 nitrogen and oxygen atoms in total. The predicted octanol–water partition coefficient (Wildman–Crippen LogP) is 3.26. The average molecular weight is 430 g/mol. The van der Waals surface area contributed by atoms with Crippen LogP contribution in [0.5, 0.6) is 0 Å². The van der Waals surface area contributed by atoms with E-state index in [2.05, 4.69) is 0 Å². The molecule has 2 aromatic rings. The minimum Gasteiger partial charge on any atom is -0.358 e. The van der Waals surface area contributed by atoms with E-state index in [1.54, 1.807) is 18.2 Å². The van der Waals surface area contributed by atoms with Crippen molar-refractivity contribution in [3.63, 3.8) is 0 Å². The largest absolute Gasteiger partial charge is 0.358 e. The first-order chi connectivity index (χ1) is 14.3. The number of carbonyl (C=O) groups is 1. The number of amides is 1. The van der Waals surface area contributed by atoms with Crippen LogP contribution >= 0.6 is 0 Å². The Labute approximate surface area is 180 Å². The Morgan fingerprint density at radius 3 is 2.30 bits per heavy atom. The van der Waals surface area contributed by atoms with E-state index in [9.17, 15) is 13.2 Å². The predicted molar refractivity (Wildman–Crippen MR) is 120 cm³/mol. The van der Waals surface area contributed by atoms with Gasteiger partial charge in [0.2, 0.25) is 15.9 Å². The lowest BCUT2D eigenvalue weighted by Crippen LogP contribution is -2.42. The van der Waals surface area contributed by atoms with Gasteiger partial charge in [-0.25, -0.2) is 12.7 Å². The van der Waals surface area contributed by atoms with Gasteiger partial charge in [-0.3, -0.25) is 4.79 Å². The normalized spacial score (nSPS) is 14.7. The lowest BCUT2D eigenvalue weighted by Gasteiger charge is -2.31. The Balaban J connectivity index is 1.85. The first-order valence-electron chi connectivity index (χ1n) is 10.4. The molecule has 0 unspecified atom stereocenters. The van der Waals surface area contributed by atoms with Crippen LogP contribution in [0, 0.1) is 6.92 Å². The number of hydrogen-bond acceptors (Lipinski definition) is 4. The number of benzene rings is 2. The molecule has 0 spiro atoms. The zero-order valence-electron chi connectivity index (χ0n) is 18.0. The smallest absolute Gasteiger partial charge is 0.242 e. The fourth-order valence-corrected chi connectivity index (χ4v) is 4.61. The summed E-state index contributed by atoms with van der Waals surface area (Å²) < 4.78 is 26.2. The van der Waals surface area contributed by atoms with E-state index >= 15 is 0 Å². The van der Waals surface area contributed by atoms with Crippen LogP contribution in [0.2, 0.25) is 0 Å². The number of likely N-dealkylation sites (tertiary alicyclic amines) is 1. The summed E-state index contributed by atoms with van der Waals surface area (Å²) in [6, 6.07) is 15.0. The second-order valence-corrected chi connectivity index (χ2v) is 10.2. The van der Waals surface area contributed by atoms with Gasteiger partial charge in [-0.2, -0.15) is 0 Å². The molecule has 1 aliphatic rings. The highest BCUT2D eigenvalue weighted by Crippen LogP contribution is 2.21. The maximum Gasteiger partial charge on any atom is 0.242 e. The molecule has 1 amide bonds. The fraction of sp³-hybridized carbons (Fsp3) is 0.435. The fourth-order valence-electron chi connectivity index (χ4n) is 3.64. The Morgan fingerprint density at radius 1 is 1.00 bits per heavy atom. The molecule has 0 N–H and O–H groups in total. The molecule has 1 aliphatic heterocycles. The summed E-state index contributed by atoms with van der Waals surface area (Å²) in [7, 11) is -0.455. The van der Waals surface area contributed by atoms with Crippen molar-refractivity contribution in [2.24, 2.45) is 0 Å². The molecule has 0 aromatic heterocycles. The van der Waals surface area contributed by atoms with Crippen molar-refractivity contribution in [2.75, 3.05) is 38.6 Å². The number of rotatable bonds is 7. The maximum absolute atomic E-state index is 12.9. The van der Waals surface area contributed by atoms with E-state index in [1.807, 2.05) is 47.1 Å². The van der Waals surface area contributed by atoms with E-state index in [1.165, 1.54) is 24.8 Å². The molecule has 2 aromatic carbocycles. The van der Waals surface area contributed by atoms with Crippen LogP contribution in [0.15, 0.2) is 53.4 Å². The number of sulfonamides is 1. The van der Waals surface area contributed by atoms with Gasteiger partial charge in [0, 0.05) is 39.4 Å². The summed E-state index contributed by atoms with van der Waals surface area (Å²) in [5.74, 6) is 0.118. The number of piperidine rings is 1. The van der Waals surface area contributed by atoms with Gasteiger partial charge >= 0.3 is 0 Å². The summed E-state index contributed by atoms with van der Waals surface area (Å²) in [6.07, 6.45) is 3.29. The molecular formula is C23H31N3O3S. The van der Waals surface area contributed by atoms with Gasteiger partial charge in [0.15, 0.2) is 0 Å². The van der Waals surface area contributed by atoms with Crippen molar-refractivity contribution >= 4 is 21.6 Å². The topological polar surface area (TPSA) is 60.9 Å². The first kappa shape index (κ1) is 22.3. The second-order valence-electron chi connectivity index (χ2n) is 8.07. The summed E-state index contributed by atoms with van der Waals surface area (Å²) in [5.41, 5.74) is 2.96. The van der Waals surface area contributed by atoms with Crippen LogP contribution in [0.1, 0.15) is 30.4 Å². The zero-order valence-corrected chi connectivity index (χ0v) is 18.9. The summed E-state index contributed by atoms with van der Waals surface area (Å²) in [5, 5.41) is 0. The molecule has 1 fully saturated rings. The highest BCUT2D eigenvalue weighted by Gasteiger charge is 2.21. The van der Waals surface area contributed by atoms with E-state index in [-0.39, 0.29) is 17.3 Å². The van der Waals surface area contributed by atoms with Crippen LogP contribution in [0.25, 0.3) is 0 Å². The molecule has 7 heteroatoms. The third-order valence-electron chi connectivity index (χ3n) is 5.48. The van der Waals surface area contributed by atoms with Gasteiger partial charge in [-0.1, -0.05) is 29.8 Å². The van der Waals surface area contributed by atoms with Crippen molar-refractivity contribution in [2.45, 2.75) is 37.6 Å². The molecule has 0 atom stereocenters. The number of carbonyl (C=O) groups excluding carboxylic acids is 1.